The highest BCUT2D eigenvalue weighted by Crippen LogP contribution is 2.30. The molecule has 0 saturated carbocycles. The first kappa shape index (κ1) is 9.90. The van der Waals surface area contributed by atoms with Crippen molar-refractivity contribution in [3.63, 3.8) is 0 Å². The average Bonchev–Trinajstić information content (AvgIpc) is 2.91. The zero-order valence-corrected chi connectivity index (χ0v) is 9.50. The van der Waals surface area contributed by atoms with Crippen LogP contribution in [0, 0.1) is 0 Å². The predicted octanol–water partition coefficient (Wildman–Crippen LogP) is 3.03. The van der Waals surface area contributed by atoms with Crippen LogP contribution in [-0.4, -0.2) is 16.7 Å². The van der Waals surface area contributed by atoms with Gasteiger partial charge in [0.15, 0.2) is 0 Å². The lowest BCUT2D eigenvalue weighted by molar-refractivity contribution is 0.413. The van der Waals surface area contributed by atoms with Crippen molar-refractivity contribution < 1.29 is 4.74 Å². The van der Waals surface area contributed by atoms with E-state index in [1.807, 2.05) is 53.5 Å². The van der Waals surface area contributed by atoms with Gasteiger partial charge in [0.25, 0.3) is 0 Å². The molecular formula is C14H12N2O. The quantitative estimate of drug-likeness (QED) is 0.669. The van der Waals surface area contributed by atoms with E-state index in [2.05, 4.69) is 4.98 Å². The van der Waals surface area contributed by atoms with Gasteiger partial charge in [0.05, 0.1) is 12.8 Å². The first-order chi connectivity index (χ1) is 8.40. The zero-order chi connectivity index (χ0) is 11.7. The van der Waals surface area contributed by atoms with Crippen LogP contribution >= 0.6 is 0 Å². The van der Waals surface area contributed by atoms with E-state index in [9.17, 15) is 0 Å². The van der Waals surface area contributed by atoms with Crippen molar-refractivity contribution in [2.75, 3.05) is 7.11 Å². The fraction of sp³-hybridized carbons (Fsp3) is 0.0714. The van der Waals surface area contributed by atoms with Crippen LogP contribution in [0.2, 0.25) is 0 Å². The number of ether oxygens (including phenoxy) is 1. The van der Waals surface area contributed by atoms with E-state index in [0.717, 1.165) is 22.2 Å². The van der Waals surface area contributed by atoms with Crippen molar-refractivity contribution in [1.29, 1.82) is 0 Å². The van der Waals surface area contributed by atoms with E-state index < -0.39 is 0 Å². The maximum Gasteiger partial charge on any atom is 0.143 e. The zero-order valence-electron chi connectivity index (χ0n) is 9.50. The summed E-state index contributed by atoms with van der Waals surface area (Å²) in [6.07, 6.45) is 7.68. The van der Waals surface area contributed by atoms with Crippen LogP contribution in [-0.2, 0) is 0 Å². The van der Waals surface area contributed by atoms with Crippen LogP contribution in [0.3, 0.4) is 0 Å². The van der Waals surface area contributed by atoms with Crippen LogP contribution in [0.25, 0.3) is 16.5 Å². The molecule has 0 radical (unpaired) electrons. The van der Waals surface area contributed by atoms with Gasteiger partial charge in [-0.3, -0.25) is 4.98 Å². The predicted molar refractivity (Wildman–Crippen MR) is 67.6 cm³/mol. The largest absolute Gasteiger partial charge is 0.495 e. The molecular weight excluding hydrogens is 212 g/mol. The lowest BCUT2D eigenvalue weighted by Gasteiger charge is -2.12. The summed E-state index contributed by atoms with van der Waals surface area (Å²) < 4.78 is 7.47. The van der Waals surface area contributed by atoms with E-state index in [0.29, 0.717) is 0 Å². The van der Waals surface area contributed by atoms with Crippen LogP contribution in [0.1, 0.15) is 0 Å². The number of fused-ring (bicyclic) bond motifs is 1. The summed E-state index contributed by atoms with van der Waals surface area (Å²) in [5.74, 6) is 0.849. The van der Waals surface area contributed by atoms with E-state index in [4.69, 9.17) is 4.74 Å². The average molecular weight is 224 g/mol. The molecule has 0 aliphatic carbocycles. The molecule has 84 valence electrons. The number of hydrogen-bond acceptors (Lipinski definition) is 2. The third kappa shape index (κ3) is 1.56. The van der Waals surface area contributed by atoms with Gasteiger partial charge in [0.1, 0.15) is 5.75 Å². The Bertz CT molecular complexity index is 644. The molecule has 17 heavy (non-hydrogen) atoms. The molecule has 0 aliphatic heterocycles. The van der Waals surface area contributed by atoms with Crippen LogP contribution in [0.5, 0.6) is 5.75 Å². The molecule has 0 unspecified atom stereocenters. The van der Waals surface area contributed by atoms with Gasteiger partial charge >= 0.3 is 0 Å². The Morgan fingerprint density at radius 1 is 1.12 bits per heavy atom. The fourth-order valence-corrected chi connectivity index (χ4v) is 2.04. The standard InChI is InChI=1S/C14H12N2O/c1-17-13-5-4-11-6-7-15-10-12(11)14(13)16-8-2-3-9-16/h2-10H,1H3. The third-order valence-electron chi connectivity index (χ3n) is 2.84. The van der Waals surface area contributed by atoms with Gasteiger partial charge in [-0.1, -0.05) is 6.07 Å². The van der Waals surface area contributed by atoms with Gasteiger partial charge in [0.2, 0.25) is 0 Å². The van der Waals surface area contributed by atoms with Crippen LogP contribution in [0.15, 0.2) is 55.1 Å². The number of methoxy groups -OCH3 is 1. The molecule has 2 aromatic heterocycles. The van der Waals surface area contributed by atoms with Gasteiger partial charge in [-0.15, -0.1) is 0 Å². The molecule has 3 rings (SSSR count). The molecule has 3 aromatic rings. The number of rotatable bonds is 2. The molecule has 0 aliphatic rings. The van der Waals surface area contributed by atoms with Crippen molar-refractivity contribution in [2.45, 2.75) is 0 Å². The van der Waals surface area contributed by atoms with Crippen molar-refractivity contribution in [1.82, 2.24) is 9.55 Å². The van der Waals surface area contributed by atoms with Crippen LogP contribution < -0.4 is 4.74 Å². The van der Waals surface area contributed by atoms with Crippen molar-refractivity contribution >= 4 is 10.8 Å². The Morgan fingerprint density at radius 2 is 1.94 bits per heavy atom. The lowest BCUT2D eigenvalue weighted by Crippen LogP contribution is -1.96. The number of aromatic nitrogens is 2. The molecule has 0 atom stereocenters. The number of benzene rings is 1. The SMILES string of the molecule is COc1ccc2ccncc2c1-n1cccc1. The molecule has 0 N–H and O–H groups in total. The van der Waals surface area contributed by atoms with E-state index in [1.54, 1.807) is 13.3 Å². The van der Waals surface area contributed by atoms with Crippen LogP contribution in [0.4, 0.5) is 0 Å². The minimum Gasteiger partial charge on any atom is -0.495 e. The second-order valence-corrected chi connectivity index (χ2v) is 3.80. The van der Waals surface area contributed by atoms with Gasteiger partial charge in [0, 0.05) is 30.2 Å². The Morgan fingerprint density at radius 3 is 2.71 bits per heavy atom. The maximum atomic E-state index is 5.43. The first-order valence-electron chi connectivity index (χ1n) is 5.44. The van der Waals surface area contributed by atoms with E-state index in [-0.39, 0.29) is 0 Å². The highest BCUT2D eigenvalue weighted by atomic mass is 16.5. The van der Waals surface area contributed by atoms with Gasteiger partial charge in [-0.2, -0.15) is 0 Å². The highest BCUT2D eigenvalue weighted by Gasteiger charge is 2.09. The normalized spacial score (nSPS) is 10.6. The Balaban J connectivity index is 2.39. The number of pyridine rings is 1. The molecule has 3 heteroatoms. The minimum absolute atomic E-state index is 0.849. The Kier molecular flexibility index (Phi) is 2.29. The molecule has 0 bridgehead atoms. The molecule has 0 fully saturated rings. The minimum atomic E-state index is 0.849. The second-order valence-electron chi connectivity index (χ2n) is 3.80. The third-order valence-corrected chi connectivity index (χ3v) is 2.84. The molecule has 0 amide bonds. The summed E-state index contributed by atoms with van der Waals surface area (Å²) in [5, 5.41) is 2.24. The van der Waals surface area contributed by atoms with Gasteiger partial charge in [-0.05, 0) is 29.7 Å². The summed E-state index contributed by atoms with van der Waals surface area (Å²) in [5.41, 5.74) is 1.03. The molecule has 2 heterocycles. The molecule has 0 spiro atoms. The van der Waals surface area contributed by atoms with Crippen molar-refractivity contribution in [2.24, 2.45) is 0 Å². The second kappa shape index (κ2) is 3.94. The van der Waals surface area contributed by atoms with Gasteiger partial charge in [-0.25, -0.2) is 0 Å². The van der Waals surface area contributed by atoms with Crippen molar-refractivity contribution in [3.05, 3.63) is 55.1 Å². The molecule has 3 nitrogen and oxygen atoms in total. The highest BCUT2D eigenvalue weighted by molar-refractivity contribution is 5.92. The van der Waals surface area contributed by atoms with E-state index in [1.165, 1.54) is 0 Å². The molecule has 1 aromatic carbocycles. The summed E-state index contributed by atoms with van der Waals surface area (Å²) in [7, 11) is 1.69. The first-order valence-corrected chi connectivity index (χ1v) is 5.44. The number of nitrogens with zero attached hydrogens (tertiary/aromatic N) is 2. The van der Waals surface area contributed by atoms with Gasteiger partial charge < -0.3 is 9.30 Å². The summed E-state index contributed by atoms with van der Waals surface area (Å²) in [6, 6.07) is 10.0. The number of hydrogen-bond donors (Lipinski definition) is 0. The summed E-state index contributed by atoms with van der Waals surface area (Å²) in [4.78, 5) is 4.19. The summed E-state index contributed by atoms with van der Waals surface area (Å²) in [6.45, 7) is 0. The van der Waals surface area contributed by atoms with E-state index >= 15 is 0 Å². The lowest BCUT2D eigenvalue weighted by atomic mass is 10.1. The Hall–Kier alpha value is -2.29. The smallest absolute Gasteiger partial charge is 0.143 e. The fourth-order valence-electron chi connectivity index (χ4n) is 2.04. The van der Waals surface area contributed by atoms with Crippen molar-refractivity contribution in [3.8, 4) is 11.4 Å². The monoisotopic (exact) mass is 224 g/mol. The maximum absolute atomic E-state index is 5.43. The topological polar surface area (TPSA) is 27.1 Å². The molecule has 0 saturated heterocycles. The Labute approximate surface area is 99.3 Å². The summed E-state index contributed by atoms with van der Waals surface area (Å²) >= 11 is 0.